The van der Waals surface area contributed by atoms with Gasteiger partial charge in [0.1, 0.15) is 6.04 Å². The quantitative estimate of drug-likeness (QED) is 0.775. The van der Waals surface area contributed by atoms with Gasteiger partial charge in [0.25, 0.3) is 0 Å². The molecule has 0 saturated carbocycles. The molecule has 0 radical (unpaired) electrons. The van der Waals surface area contributed by atoms with Crippen LogP contribution in [0.2, 0.25) is 0 Å². The van der Waals surface area contributed by atoms with E-state index in [-0.39, 0.29) is 6.04 Å². The minimum Gasteiger partial charge on any atom is -0.480 e. The fourth-order valence-corrected chi connectivity index (χ4v) is 2.97. The number of rotatable bonds is 7. The highest BCUT2D eigenvalue weighted by Gasteiger charge is 2.30. The lowest BCUT2D eigenvalue weighted by molar-refractivity contribution is -0.144. The Hall–Kier alpha value is -1.35. The number of nitrogens with zero attached hydrogens (tertiary/aromatic N) is 1. The Morgan fingerprint density at radius 3 is 2.60 bits per heavy atom. The summed E-state index contributed by atoms with van der Waals surface area (Å²) < 4.78 is 0. The van der Waals surface area contributed by atoms with E-state index in [1.165, 1.54) is 36.8 Å². The Morgan fingerprint density at radius 2 is 1.90 bits per heavy atom. The van der Waals surface area contributed by atoms with Crippen LogP contribution in [0.4, 0.5) is 0 Å². The number of unbranched alkanes of at least 4 members (excludes halogenated alkanes) is 4. The molecule has 0 fully saturated rings. The number of carboxylic acids is 1. The number of carbonyl (C=O) groups is 1. The van der Waals surface area contributed by atoms with E-state index < -0.39 is 5.97 Å². The van der Waals surface area contributed by atoms with Gasteiger partial charge in [0, 0.05) is 6.54 Å². The van der Waals surface area contributed by atoms with E-state index in [1.54, 1.807) is 0 Å². The fraction of sp³-hybridized carbons (Fsp3) is 0.588. The van der Waals surface area contributed by atoms with E-state index >= 15 is 0 Å². The van der Waals surface area contributed by atoms with Crippen LogP contribution in [-0.4, -0.2) is 28.6 Å². The van der Waals surface area contributed by atoms with E-state index in [1.807, 2.05) is 12.1 Å². The normalized spacial score (nSPS) is 18.8. The Kier molecular flexibility index (Phi) is 5.60. The first-order valence-electron chi connectivity index (χ1n) is 7.76. The summed E-state index contributed by atoms with van der Waals surface area (Å²) in [6.45, 7) is 3.89. The Bertz CT molecular complexity index is 444. The van der Waals surface area contributed by atoms with Crippen LogP contribution >= 0.6 is 0 Å². The van der Waals surface area contributed by atoms with Gasteiger partial charge in [-0.1, -0.05) is 56.9 Å². The molecule has 0 bridgehead atoms. The van der Waals surface area contributed by atoms with Crippen molar-refractivity contribution in [1.29, 1.82) is 0 Å². The Morgan fingerprint density at radius 1 is 1.20 bits per heavy atom. The summed E-state index contributed by atoms with van der Waals surface area (Å²) in [6.07, 6.45) is 6.74. The number of benzene rings is 1. The molecule has 1 atom stereocenters. The highest BCUT2D eigenvalue weighted by atomic mass is 16.4. The summed E-state index contributed by atoms with van der Waals surface area (Å²) in [5.41, 5.74) is 2.49. The van der Waals surface area contributed by atoms with Crippen LogP contribution in [0.15, 0.2) is 24.3 Å². The van der Waals surface area contributed by atoms with Gasteiger partial charge in [-0.2, -0.15) is 0 Å². The highest BCUT2D eigenvalue weighted by molar-refractivity contribution is 5.74. The molecule has 0 spiro atoms. The summed E-state index contributed by atoms with van der Waals surface area (Å²) in [7, 11) is 0. The summed E-state index contributed by atoms with van der Waals surface area (Å²) >= 11 is 0. The Labute approximate surface area is 121 Å². The molecule has 3 heteroatoms. The Balaban J connectivity index is 1.94. The molecular weight excluding hydrogens is 250 g/mol. The highest BCUT2D eigenvalue weighted by Crippen LogP contribution is 2.24. The molecule has 0 aliphatic carbocycles. The SMILES string of the molecule is CCCCCCCN1Cc2ccccc2CC1C(=O)O. The lowest BCUT2D eigenvalue weighted by Crippen LogP contribution is -2.45. The zero-order valence-electron chi connectivity index (χ0n) is 12.3. The largest absolute Gasteiger partial charge is 0.480 e. The van der Waals surface area contributed by atoms with Gasteiger partial charge in [0.2, 0.25) is 0 Å². The van der Waals surface area contributed by atoms with Crippen LogP contribution in [0.1, 0.15) is 50.2 Å². The molecule has 1 unspecified atom stereocenters. The molecule has 0 amide bonds. The van der Waals surface area contributed by atoms with E-state index in [4.69, 9.17) is 0 Å². The van der Waals surface area contributed by atoms with Gasteiger partial charge >= 0.3 is 5.97 Å². The van der Waals surface area contributed by atoms with Gasteiger partial charge in [-0.15, -0.1) is 0 Å². The monoisotopic (exact) mass is 275 g/mol. The van der Waals surface area contributed by atoms with Crippen LogP contribution in [0.5, 0.6) is 0 Å². The van der Waals surface area contributed by atoms with Gasteiger partial charge < -0.3 is 5.11 Å². The van der Waals surface area contributed by atoms with Crippen molar-refractivity contribution in [3.05, 3.63) is 35.4 Å². The van der Waals surface area contributed by atoms with Crippen molar-refractivity contribution < 1.29 is 9.90 Å². The molecule has 1 aliphatic rings. The van der Waals surface area contributed by atoms with Crippen molar-refractivity contribution in [2.45, 2.75) is 58.0 Å². The van der Waals surface area contributed by atoms with E-state index in [2.05, 4.69) is 24.0 Å². The van der Waals surface area contributed by atoms with Crippen molar-refractivity contribution in [1.82, 2.24) is 4.90 Å². The van der Waals surface area contributed by atoms with E-state index in [0.717, 1.165) is 19.5 Å². The van der Waals surface area contributed by atoms with E-state index in [0.29, 0.717) is 6.42 Å². The topological polar surface area (TPSA) is 40.5 Å². The molecule has 1 aromatic carbocycles. The van der Waals surface area contributed by atoms with Gasteiger partial charge in [0.05, 0.1) is 0 Å². The average Bonchev–Trinajstić information content (AvgIpc) is 2.46. The van der Waals surface area contributed by atoms with Crippen LogP contribution in [-0.2, 0) is 17.8 Å². The molecule has 1 aliphatic heterocycles. The second-order valence-corrected chi connectivity index (χ2v) is 5.71. The van der Waals surface area contributed by atoms with Crippen LogP contribution in [0, 0.1) is 0 Å². The predicted molar refractivity (Wildman–Crippen MR) is 80.7 cm³/mol. The van der Waals surface area contributed by atoms with Crippen molar-refractivity contribution in [2.75, 3.05) is 6.54 Å². The zero-order chi connectivity index (χ0) is 14.4. The van der Waals surface area contributed by atoms with Crippen LogP contribution in [0.25, 0.3) is 0 Å². The van der Waals surface area contributed by atoms with Crippen LogP contribution < -0.4 is 0 Å². The first kappa shape index (κ1) is 15.0. The molecule has 1 aromatic rings. The first-order valence-corrected chi connectivity index (χ1v) is 7.76. The number of hydrogen-bond donors (Lipinski definition) is 1. The number of fused-ring (bicyclic) bond motifs is 1. The molecule has 3 nitrogen and oxygen atoms in total. The molecule has 0 aromatic heterocycles. The average molecular weight is 275 g/mol. The van der Waals surface area contributed by atoms with Gasteiger partial charge in [-0.3, -0.25) is 9.69 Å². The van der Waals surface area contributed by atoms with Crippen molar-refractivity contribution in [3.63, 3.8) is 0 Å². The smallest absolute Gasteiger partial charge is 0.321 e. The molecule has 0 saturated heterocycles. The summed E-state index contributed by atoms with van der Waals surface area (Å²) in [6, 6.07) is 7.87. The second kappa shape index (κ2) is 7.44. The zero-order valence-corrected chi connectivity index (χ0v) is 12.3. The summed E-state index contributed by atoms with van der Waals surface area (Å²) in [5.74, 6) is -0.687. The molecular formula is C17H25NO2. The van der Waals surface area contributed by atoms with Crippen molar-refractivity contribution in [2.24, 2.45) is 0 Å². The maximum absolute atomic E-state index is 11.5. The van der Waals surface area contributed by atoms with Gasteiger partial charge in [0.15, 0.2) is 0 Å². The summed E-state index contributed by atoms with van der Waals surface area (Å²) in [4.78, 5) is 13.6. The summed E-state index contributed by atoms with van der Waals surface area (Å²) in [5, 5.41) is 9.43. The third kappa shape index (κ3) is 3.83. The molecule has 1 heterocycles. The van der Waals surface area contributed by atoms with Gasteiger partial charge in [-0.25, -0.2) is 0 Å². The van der Waals surface area contributed by atoms with E-state index in [9.17, 15) is 9.90 Å². The standard InChI is InChI=1S/C17H25NO2/c1-2-3-4-5-8-11-18-13-15-10-7-6-9-14(15)12-16(18)17(19)20/h6-7,9-10,16H,2-5,8,11-13H2,1H3,(H,19,20). The minimum absolute atomic E-state index is 0.351. The third-order valence-corrected chi connectivity index (χ3v) is 4.18. The molecule has 2 rings (SSSR count). The lowest BCUT2D eigenvalue weighted by Gasteiger charge is -2.34. The number of hydrogen-bond acceptors (Lipinski definition) is 2. The molecule has 20 heavy (non-hydrogen) atoms. The maximum Gasteiger partial charge on any atom is 0.321 e. The predicted octanol–water partition coefficient (Wildman–Crippen LogP) is 3.47. The first-order chi connectivity index (χ1) is 9.72. The molecule has 110 valence electrons. The number of carboxylic acid groups (broad SMARTS) is 1. The molecule has 1 N–H and O–H groups in total. The lowest BCUT2D eigenvalue weighted by atomic mass is 9.93. The second-order valence-electron chi connectivity index (χ2n) is 5.71. The van der Waals surface area contributed by atoms with Crippen molar-refractivity contribution in [3.8, 4) is 0 Å². The third-order valence-electron chi connectivity index (χ3n) is 4.18. The maximum atomic E-state index is 11.5. The number of aliphatic carboxylic acids is 1. The van der Waals surface area contributed by atoms with Gasteiger partial charge in [-0.05, 0) is 30.5 Å². The van der Waals surface area contributed by atoms with Crippen molar-refractivity contribution >= 4 is 5.97 Å². The fourth-order valence-electron chi connectivity index (χ4n) is 2.97. The van der Waals surface area contributed by atoms with Crippen LogP contribution in [0.3, 0.4) is 0 Å². The minimum atomic E-state index is -0.687.